The highest BCUT2D eigenvalue weighted by molar-refractivity contribution is 5.84. The van der Waals surface area contributed by atoms with Crippen LogP contribution in [-0.2, 0) is 14.3 Å². The van der Waals surface area contributed by atoms with Gasteiger partial charge in [-0.05, 0) is 44.9 Å². The second-order valence-corrected chi connectivity index (χ2v) is 8.26. The van der Waals surface area contributed by atoms with Crippen molar-refractivity contribution in [3.05, 3.63) is 12.2 Å². The molecule has 0 aromatic heterocycles. The molecule has 5 heteroatoms. The topological polar surface area (TPSA) is 58.6 Å². The van der Waals surface area contributed by atoms with E-state index in [1.807, 2.05) is 4.90 Å². The van der Waals surface area contributed by atoms with Crippen molar-refractivity contribution in [2.75, 3.05) is 13.1 Å². The van der Waals surface area contributed by atoms with Crippen LogP contribution in [-0.4, -0.2) is 48.1 Å². The van der Waals surface area contributed by atoms with E-state index in [9.17, 15) is 9.59 Å². The highest BCUT2D eigenvalue weighted by Crippen LogP contribution is 2.38. The summed E-state index contributed by atoms with van der Waals surface area (Å²) in [6.45, 7) is 3.29. The van der Waals surface area contributed by atoms with Crippen LogP contribution in [0.25, 0.3) is 0 Å². The molecule has 132 valence electrons. The number of fused-ring (bicyclic) bond motifs is 2. The van der Waals surface area contributed by atoms with Crippen molar-refractivity contribution in [1.82, 2.24) is 10.2 Å². The van der Waals surface area contributed by atoms with Gasteiger partial charge in [-0.15, -0.1) is 0 Å². The van der Waals surface area contributed by atoms with E-state index < -0.39 is 0 Å². The van der Waals surface area contributed by atoms with Crippen LogP contribution >= 0.6 is 0 Å². The fourth-order valence-corrected chi connectivity index (χ4v) is 4.50. The SMILES string of the molecule is CC1(C(=O)N2CC3CC(C(=O)NC4CCC4)C(C2)O3)CC=CCC1. The van der Waals surface area contributed by atoms with Gasteiger partial charge in [0, 0.05) is 19.1 Å². The van der Waals surface area contributed by atoms with Gasteiger partial charge in [0.25, 0.3) is 0 Å². The van der Waals surface area contributed by atoms with Gasteiger partial charge in [0.05, 0.1) is 23.5 Å². The zero-order valence-electron chi connectivity index (χ0n) is 14.5. The molecular weight excluding hydrogens is 304 g/mol. The first kappa shape index (κ1) is 16.1. The smallest absolute Gasteiger partial charge is 0.229 e. The normalized spacial score (nSPS) is 38.7. The Kier molecular flexibility index (Phi) is 4.15. The number of morpholine rings is 1. The number of allylic oxidation sites excluding steroid dienone is 2. The van der Waals surface area contributed by atoms with E-state index in [0.717, 1.165) is 38.5 Å². The first-order chi connectivity index (χ1) is 11.5. The van der Waals surface area contributed by atoms with Gasteiger partial charge in [0.15, 0.2) is 0 Å². The average Bonchev–Trinajstić information content (AvgIpc) is 2.85. The summed E-state index contributed by atoms with van der Waals surface area (Å²) in [5.74, 6) is 0.283. The quantitative estimate of drug-likeness (QED) is 0.805. The number of rotatable bonds is 3. The molecule has 4 atom stereocenters. The van der Waals surface area contributed by atoms with Crippen LogP contribution in [0, 0.1) is 11.3 Å². The number of carbonyl (C=O) groups is 2. The summed E-state index contributed by atoms with van der Waals surface area (Å²) in [7, 11) is 0. The van der Waals surface area contributed by atoms with E-state index >= 15 is 0 Å². The number of hydrogen-bond acceptors (Lipinski definition) is 3. The maximum atomic E-state index is 13.0. The first-order valence-electron chi connectivity index (χ1n) is 9.45. The summed E-state index contributed by atoms with van der Waals surface area (Å²) in [4.78, 5) is 27.5. The maximum absolute atomic E-state index is 13.0. The lowest BCUT2D eigenvalue weighted by Crippen LogP contribution is -2.52. The van der Waals surface area contributed by atoms with Gasteiger partial charge in [-0.25, -0.2) is 0 Å². The minimum atomic E-state index is -0.283. The third kappa shape index (κ3) is 2.87. The fourth-order valence-electron chi connectivity index (χ4n) is 4.50. The molecule has 5 nitrogen and oxygen atoms in total. The van der Waals surface area contributed by atoms with E-state index in [0.29, 0.717) is 19.1 Å². The Balaban J connectivity index is 1.40. The summed E-state index contributed by atoms with van der Waals surface area (Å²) in [6.07, 6.45) is 11.1. The van der Waals surface area contributed by atoms with E-state index in [-0.39, 0.29) is 35.4 Å². The predicted molar refractivity (Wildman–Crippen MR) is 90.2 cm³/mol. The molecule has 0 spiro atoms. The molecule has 2 amide bonds. The Labute approximate surface area is 143 Å². The van der Waals surface area contributed by atoms with Crippen LogP contribution < -0.4 is 5.32 Å². The summed E-state index contributed by atoms with van der Waals surface area (Å²) >= 11 is 0. The van der Waals surface area contributed by atoms with Crippen molar-refractivity contribution in [3.63, 3.8) is 0 Å². The Bertz CT molecular complexity index is 557. The lowest BCUT2D eigenvalue weighted by atomic mass is 9.77. The standard InChI is InChI=1S/C19H28N2O3/c1-19(8-3-2-4-9-19)18(23)21-11-14-10-15(16(12-21)24-14)17(22)20-13-6-5-7-13/h2-3,13-16H,4-12H2,1H3,(H,20,22). The number of likely N-dealkylation sites (tertiary alicyclic amines) is 1. The zero-order chi connectivity index (χ0) is 16.7. The van der Waals surface area contributed by atoms with Gasteiger partial charge >= 0.3 is 0 Å². The van der Waals surface area contributed by atoms with Gasteiger partial charge < -0.3 is 15.0 Å². The third-order valence-corrected chi connectivity index (χ3v) is 6.35. The molecule has 4 rings (SSSR count). The summed E-state index contributed by atoms with van der Waals surface area (Å²) in [6, 6.07) is 0.364. The van der Waals surface area contributed by atoms with Crippen molar-refractivity contribution in [1.29, 1.82) is 0 Å². The molecular formula is C19H28N2O3. The molecule has 4 unspecified atom stereocenters. The Morgan fingerprint density at radius 3 is 2.75 bits per heavy atom. The largest absolute Gasteiger partial charge is 0.370 e. The van der Waals surface area contributed by atoms with Crippen molar-refractivity contribution >= 4 is 11.8 Å². The van der Waals surface area contributed by atoms with Gasteiger partial charge in [-0.2, -0.15) is 0 Å². The molecule has 4 aliphatic rings. The first-order valence-corrected chi connectivity index (χ1v) is 9.45. The van der Waals surface area contributed by atoms with Crippen molar-refractivity contribution in [2.45, 2.75) is 70.1 Å². The molecule has 3 fully saturated rings. The van der Waals surface area contributed by atoms with Crippen molar-refractivity contribution < 1.29 is 14.3 Å². The van der Waals surface area contributed by atoms with Gasteiger partial charge in [0.1, 0.15) is 0 Å². The molecule has 2 aliphatic heterocycles. The summed E-state index contributed by atoms with van der Waals surface area (Å²) in [5.41, 5.74) is -0.283. The van der Waals surface area contributed by atoms with E-state index in [4.69, 9.17) is 4.74 Å². The monoisotopic (exact) mass is 332 g/mol. The van der Waals surface area contributed by atoms with Crippen molar-refractivity contribution in [3.8, 4) is 0 Å². The van der Waals surface area contributed by atoms with Crippen LogP contribution in [0.4, 0.5) is 0 Å². The van der Waals surface area contributed by atoms with E-state index in [1.54, 1.807) is 0 Å². The maximum Gasteiger partial charge on any atom is 0.229 e. The van der Waals surface area contributed by atoms with Crippen LogP contribution in [0.1, 0.15) is 51.9 Å². The number of amides is 2. The lowest BCUT2D eigenvalue weighted by molar-refractivity contribution is -0.152. The fraction of sp³-hybridized carbons (Fsp3) is 0.789. The van der Waals surface area contributed by atoms with Gasteiger partial charge in [0.2, 0.25) is 11.8 Å². The molecule has 1 saturated carbocycles. The third-order valence-electron chi connectivity index (χ3n) is 6.35. The van der Waals surface area contributed by atoms with Crippen LogP contribution in [0.2, 0.25) is 0 Å². The number of carbonyl (C=O) groups excluding carboxylic acids is 2. The van der Waals surface area contributed by atoms with Crippen LogP contribution in [0.15, 0.2) is 12.2 Å². The highest BCUT2D eigenvalue weighted by atomic mass is 16.5. The van der Waals surface area contributed by atoms with E-state index in [1.165, 1.54) is 6.42 Å². The number of nitrogens with one attached hydrogen (secondary N) is 1. The average molecular weight is 332 g/mol. The Morgan fingerprint density at radius 1 is 1.25 bits per heavy atom. The lowest BCUT2D eigenvalue weighted by Gasteiger charge is -2.39. The predicted octanol–water partition coefficient (Wildman–Crippen LogP) is 2.02. The molecule has 0 radical (unpaired) electrons. The molecule has 1 N–H and O–H groups in total. The highest BCUT2D eigenvalue weighted by Gasteiger charge is 2.48. The van der Waals surface area contributed by atoms with Crippen molar-refractivity contribution in [2.24, 2.45) is 11.3 Å². The summed E-state index contributed by atoms with van der Waals surface area (Å²) < 4.78 is 6.00. The number of hydrogen-bond donors (Lipinski definition) is 1. The molecule has 2 aliphatic carbocycles. The van der Waals surface area contributed by atoms with Gasteiger partial charge in [-0.3, -0.25) is 9.59 Å². The van der Waals surface area contributed by atoms with Crippen LogP contribution in [0.5, 0.6) is 0 Å². The molecule has 24 heavy (non-hydrogen) atoms. The second-order valence-electron chi connectivity index (χ2n) is 8.26. The second kappa shape index (κ2) is 6.17. The minimum absolute atomic E-state index is 0.0209. The molecule has 0 aromatic carbocycles. The van der Waals surface area contributed by atoms with E-state index in [2.05, 4.69) is 24.4 Å². The molecule has 2 bridgehead atoms. The minimum Gasteiger partial charge on any atom is -0.370 e. The molecule has 2 saturated heterocycles. The van der Waals surface area contributed by atoms with Crippen LogP contribution in [0.3, 0.4) is 0 Å². The molecule has 2 heterocycles. The zero-order valence-corrected chi connectivity index (χ0v) is 14.5. The number of nitrogens with zero attached hydrogens (tertiary/aromatic N) is 1. The van der Waals surface area contributed by atoms with Gasteiger partial charge in [-0.1, -0.05) is 19.1 Å². The summed E-state index contributed by atoms with van der Waals surface area (Å²) in [5, 5.41) is 3.15. The number of ether oxygens (including phenoxy) is 1. The Morgan fingerprint density at radius 2 is 2.08 bits per heavy atom. The Hall–Kier alpha value is -1.36. The molecule has 0 aromatic rings.